The molecule has 4 aromatic rings. The Bertz CT molecular complexity index is 1030. The van der Waals surface area contributed by atoms with E-state index in [4.69, 9.17) is 11.6 Å². The van der Waals surface area contributed by atoms with E-state index >= 15 is 0 Å². The van der Waals surface area contributed by atoms with Crippen LogP contribution in [-0.4, -0.2) is 4.98 Å². The molecular formula is C21H13ClFN. The lowest BCUT2D eigenvalue weighted by Crippen LogP contribution is -1.90. The number of pyridine rings is 1. The molecule has 0 amide bonds. The molecule has 0 saturated heterocycles. The number of halogens is 2. The summed E-state index contributed by atoms with van der Waals surface area (Å²) in [4.78, 5) is 4.68. The SMILES string of the molecule is Fc1cccc(-c2cc(-c3ccccc3)c3ccc(Cl)cc3n2)c1. The van der Waals surface area contributed by atoms with E-state index in [1.54, 1.807) is 6.07 Å². The minimum absolute atomic E-state index is 0.276. The van der Waals surface area contributed by atoms with Crippen molar-refractivity contribution in [1.82, 2.24) is 4.98 Å². The third-order valence-corrected chi connectivity index (χ3v) is 4.21. The summed E-state index contributed by atoms with van der Waals surface area (Å²) in [6, 6.07) is 24.2. The Balaban J connectivity index is 2.03. The first-order chi connectivity index (χ1) is 11.7. The first-order valence-corrected chi connectivity index (χ1v) is 8.00. The minimum atomic E-state index is -0.276. The molecule has 0 atom stereocenters. The van der Waals surface area contributed by atoms with Crippen LogP contribution in [0.4, 0.5) is 4.39 Å². The highest BCUT2D eigenvalue weighted by Gasteiger charge is 2.10. The van der Waals surface area contributed by atoms with Crippen LogP contribution in [0.3, 0.4) is 0 Å². The zero-order chi connectivity index (χ0) is 16.5. The maximum atomic E-state index is 13.6. The molecular weight excluding hydrogens is 321 g/mol. The maximum Gasteiger partial charge on any atom is 0.123 e. The highest BCUT2D eigenvalue weighted by molar-refractivity contribution is 6.31. The molecule has 0 bridgehead atoms. The van der Waals surface area contributed by atoms with Gasteiger partial charge in [0.15, 0.2) is 0 Å². The molecule has 0 N–H and O–H groups in total. The number of nitrogens with zero attached hydrogens (tertiary/aromatic N) is 1. The monoisotopic (exact) mass is 333 g/mol. The van der Waals surface area contributed by atoms with Crippen molar-refractivity contribution in [3.8, 4) is 22.4 Å². The lowest BCUT2D eigenvalue weighted by Gasteiger charge is -2.11. The summed E-state index contributed by atoms with van der Waals surface area (Å²) in [6.07, 6.45) is 0. The van der Waals surface area contributed by atoms with Gasteiger partial charge in [-0.2, -0.15) is 0 Å². The molecule has 3 aromatic carbocycles. The Kier molecular flexibility index (Phi) is 3.75. The maximum absolute atomic E-state index is 13.6. The molecule has 3 heteroatoms. The van der Waals surface area contributed by atoms with Crippen LogP contribution in [-0.2, 0) is 0 Å². The molecule has 1 aromatic heterocycles. The molecule has 0 unspecified atom stereocenters. The molecule has 116 valence electrons. The normalized spacial score (nSPS) is 10.9. The molecule has 0 radical (unpaired) electrons. The van der Waals surface area contributed by atoms with Crippen LogP contribution >= 0.6 is 11.6 Å². The smallest absolute Gasteiger partial charge is 0.123 e. The van der Waals surface area contributed by atoms with Crippen molar-refractivity contribution in [2.45, 2.75) is 0 Å². The van der Waals surface area contributed by atoms with E-state index < -0.39 is 0 Å². The van der Waals surface area contributed by atoms with Gasteiger partial charge >= 0.3 is 0 Å². The Morgan fingerprint density at radius 1 is 0.750 bits per heavy atom. The Morgan fingerprint density at radius 2 is 1.54 bits per heavy atom. The van der Waals surface area contributed by atoms with Gasteiger partial charge in [0.25, 0.3) is 0 Å². The Labute approximate surface area is 144 Å². The Hall–Kier alpha value is -2.71. The number of rotatable bonds is 2. The van der Waals surface area contributed by atoms with E-state index in [1.807, 2.05) is 48.5 Å². The molecule has 0 saturated carbocycles. The van der Waals surface area contributed by atoms with Gasteiger partial charge in [-0.25, -0.2) is 9.37 Å². The van der Waals surface area contributed by atoms with Crippen LogP contribution in [0.15, 0.2) is 78.9 Å². The van der Waals surface area contributed by atoms with Gasteiger partial charge in [-0.1, -0.05) is 60.1 Å². The fourth-order valence-electron chi connectivity index (χ4n) is 2.85. The standard InChI is InChI=1S/C21H13ClFN/c22-16-9-10-18-19(14-5-2-1-3-6-14)13-20(24-21(18)12-16)15-7-4-8-17(23)11-15/h1-13H. The summed E-state index contributed by atoms with van der Waals surface area (Å²) in [5.41, 5.74) is 4.40. The van der Waals surface area contributed by atoms with E-state index in [-0.39, 0.29) is 5.82 Å². The summed E-state index contributed by atoms with van der Waals surface area (Å²) in [5.74, 6) is -0.276. The van der Waals surface area contributed by atoms with Crippen molar-refractivity contribution in [2.75, 3.05) is 0 Å². The second kappa shape index (κ2) is 6.06. The zero-order valence-electron chi connectivity index (χ0n) is 12.7. The largest absolute Gasteiger partial charge is 0.248 e. The van der Waals surface area contributed by atoms with Gasteiger partial charge in [0.1, 0.15) is 5.82 Å². The zero-order valence-corrected chi connectivity index (χ0v) is 13.5. The van der Waals surface area contributed by atoms with Crippen molar-refractivity contribution in [2.24, 2.45) is 0 Å². The number of benzene rings is 3. The minimum Gasteiger partial charge on any atom is -0.248 e. The van der Waals surface area contributed by atoms with Crippen molar-refractivity contribution < 1.29 is 4.39 Å². The van der Waals surface area contributed by atoms with Gasteiger partial charge in [-0.15, -0.1) is 0 Å². The molecule has 0 aliphatic rings. The Morgan fingerprint density at radius 3 is 2.33 bits per heavy atom. The first kappa shape index (κ1) is 14.9. The van der Waals surface area contributed by atoms with Gasteiger partial charge in [-0.3, -0.25) is 0 Å². The van der Waals surface area contributed by atoms with Gasteiger partial charge in [0.05, 0.1) is 11.2 Å². The van der Waals surface area contributed by atoms with E-state index in [1.165, 1.54) is 12.1 Å². The molecule has 0 aliphatic heterocycles. The molecule has 24 heavy (non-hydrogen) atoms. The topological polar surface area (TPSA) is 12.9 Å². The molecule has 1 heterocycles. The number of fused-ring (bicyclic) bond motifs is 1. The van der Waals surface area contributed by atoms with Crippen LogP contribution in [0, 0.1) is 5.82 Å². The second-order valence-corrected chi connectivity index (χ2v) is 6.03. The second-order valence-electron chi connectivity index (χ2n) is 5.59. The third kappa shape index (κ3) is 2.77. The summed E-state index contributed by atoms with van der Waals surface area (Å²) in [5, 5.41) is 1.65. The van der Waals surface area contributed by atoms with Crippen LogP contribution in [0.5, 0.6) is 0 Å². The number of hydrogen-bond donors (Lipinski definition) is 0. The molecule has 4 rings (SSSR count). The summed E-state index contributed by atoms with van der Waals surface area (Å²) >= 11 is 6.14. The molecule has 0 fully saturated rings. The molecule has 0 spiro atoms. The van der Waals surface area contributed by atoms with E-state index in [2.05, 4.69) is 17.1 Å². The average Bonchev–Trinajstić information content (AvgIpc) is 2.61. The molecule has 0 aliphatic carbocycles. The quantitative estimate of drug-likeness (QED) is 0.416. The lowest BCUT2D eigenvalue weighted by atomic mass is 9.98. The fourth-order valence-corrected chi connectivity index (χ4v) is 3.02. The van der Waals surface area contributed by atoms with Gasteiger partial charge in [0.2, 0.25) is 0 Å². The predicted molar refractivity (Wildman–Crippen MR) is 97.6 cm³/mol. The summed E-state index contributed by atoms with van der Waals surface area (Å²) in [7, 11) is 0. The van der Waals surface area contributed by atoms with Crippen LogP contribution in [0.2, 0.25) is 5.02 Å². The van der Waals surface area contributed by atoms with Crippen molar-refractivity contribution >= 4 is 22.5 Å². The van der Waals surface area contributed by atoms with Gasteiger partial charge in [-0.05, 0) is 41.5 Å². The summed E-state index contributed by atoms with van der Waals surface area (Å²) in [6.45, 7) is 0. The van der Waals surface area contributed by atoms with Crippen LogP contribution < -0.4 is 0 Å². The van der Waals surface area contributed by atoms with Crippen molar-refractivity contribution in [3.63, 3.8) is 0 Å². The summed E-state index contributed by atoms with van der Waals surface area (Å²) < 4.78 is 13.6. The van der Waals surface area contributed by atoms with Crippen LogP contribution in [0.25, 0.3) is 33.3 Å². The average molecular weight is 334 g/mol. The first-order valence-electron chi connectivity index (χ1n) is 7.62. The van der Waals surface area contributed by atoms with Gasteiger partial charge < -0.3 is 0 Å². The van der Waals surface area contributed by atoms with Crippen molar-refractivity contribution in [3.05, 3.63) is 89.7 Å². The lowest BCUT2D eigenvalue weighted by molar-refractivity contribution is 0.628. The highest BCUT2D eigenvalue weighted by Crippen LogP contribution is 2.33. The van der Waals surface area contributed by atoms with Crippen molar-refractivity contribution in [1.29, 1.82) is 0 Å². The number of aromatic nitrogens is 1. The number of hydrogen-bond acceptors (Lipinski definition) is 1. The fraction of sp³-hybridized carbons (Fsp3) is 0. The van der Waals surface area contributed by atoms with E-state index in [9.17, 15) is 4.39 Å². The molecule has 1 nitrogen and oxygen atoms in total. The van der Waals surface area contributed by atoms with Gasteiger partial charge in [0, 0.05) is 16.0 Å². The predicted octanol–water partition coefficient (Wildman–Crippen LogP) is 6.36. The van der Waals surface area contributed by atoms with Crippen LogP contribution in [0.1, 0.15) is 0 Å². The highest BCUT2D eigenvalue weighted by atomic mass is 35.5. The third-order valence-electron chi connectivity index (χ3n) is 3.98. The van der Waals surface area contributed by atoms with E-state index in [0.717, 1.165) is 33.3 Å². The van der Waals surface area contributed by atoms with E-state index in [0.29, 0.717) is 5.02 Å².